The van der Waals surface area contributed by atoms with E-state index in [1.54, 1.807) is 30.3 Å². The van der Waals surface area contributed by atoms with Crippen molar-refractivity contribution in [1.82, 2.24) is 0 Å². The number of hydrogen-bond acceptors (Lipinski definition) is 7. The van der Waals surface area contributed by atoms with Gasteiger partial charge in [0.2, 0.25) is 0 Å². The van der Waals surface area contributed by atoms with Gasteiger partial charge in [-0.25, -0.2) is 4.79 Å². The summed E-state index contributed by atoms with van der Waals surface area (Å²) in [7, 11) is 0. The van der Waals surface area contributed by atoms with Crippen molar-refractivity contribution in [3.63, 3.8) is 0 Å². The van der Waals surface area contributed by atoms with Gasteiger partial charge in [-0.15, -0.1) is 0 Å². The minimum Gasteiger partial charge on any atom is -0.454 e. The fourth-order valence-corrected chi connectivity index (χ4v) is 2.99. The lowest BCUT2D eigenvalue weighted by Gasteiger charge is -2.21. The third-order valence-electron chi connectivity index (χ3n) is 4.66. The summed E-state index contributed by atoms with van der Waals surface area (Å²) >= 11 is 0. The zero-order valence-corrected chi connectivity index (χ0v) is 16.2. The quantitative estimate of drug-likeness (QED) is 0.320. The molecule has 31 heavy (non-hydrogen) atoms. The maximum absolute atomic E-state index is 12.6. The first kappa shape index (κ1) is 21.6. The number of rotatable bonds is 8. The van der Waals surface area contributed by atoms with E-state index in [0.29, 0.717) is 11.1 Å². The average molecular weight is 422 g/mol. The fraction of sp³-hybridized carbons (Fsp3) is 0.136. The van der Waals surface area contributed by atoms with Crippen LogP contribution in [0.15, 0.2) is 78.9 Å². The minimum atomic E-state index is -0.953. The summed E-state index contributed by atoms with van der Waals surface area (Å²) in [6.07, 6.45) is -1.84. The van der Waals surface area contributed by atoms with E-state index >= 15 is 0 Å². The molecule has 0 aromatic heterocycles. The lowest BCUT2D eigenvalue weighted by molar-refractivity contribution is -0.385. The number of benzene rings is 3. The number of esters is 1. The summed E-state index contributed by atoms with van der Waals surface area (Å²) in [6.45, 7) is 0. The Morgan fingerprint density at radius 3 is 1.84 bits per heavy atom. The Morgan fingerprint density at radius 2 is 1.32 bits per heavy atom. The molecule has 9 heteroatoms. The van der Waals surface area contributed by atoms with Gasteiger partial charge in [0.05, 0.1) is 21.5 Å². The molecule has 3 aromatic carbocycles. The monoisotopic (exact) mass is 422 g/mol. The van der Waals surface area contributed by atoms with Crippen molar-refractivity contribution in [2.45, 2.75) is 18.6 Å². The number of carbonyl (C=O) groups excluding carboxylic acids is 1. The topological polar surface area (TPSA) is 133 Å². The molecule has 0 fully saturated rings. The molecule has 3 rings (SSSR count). The molecule has 0 bridgehead atoms. The predicted octanol–water partition coefficient (Wildman–Crippen LogP) is 4.52. The molecule has 0 amide bonds. The fourth-order valence-electron chi connectivity index (χ4n) is 2.99. The minimum absolute atomic E-state index is 0.0144. The summed E-state index contributed by atoms with van der Waals surface area (Å²) in [4.78, 5) is 33.2. The number of ether oxygens (including phenoxy) is 1. The molecule has 0 saturated heterocycles. The van der Waals surface area contributed by atoms with Crippen LogP contribution in [0.3, 0.4) is 0 Å². The Hall–Kier alpha value is -4.11. The maximum atomic E-state index is 12.6. The standard InChI is InChI=1S/C22H18N2O7/c25-20(15-4-2-1-3-5-15)14-21(16-6-10-18(11-7-16)23(27)28)31-22(26)17-8-12-19(13-9-17)24(29)30/h1-13,20-21,25H,14H2/t20-,21-/m0/s1. The Bertz CT molecular complexity index is 1070. The van der Waals surface area contributed by atoms with Crippen LogP contribution >= 0.6 is 0 Å². The summed E-state index contributed by atoms with van der Waals surface area (Å²) in [5, 5.41) is 32.3. The largest absolute Gasteiger partial charge is 0.454 e. The van der Waals surface area contributed by atoms with Gasteiger partial charge in [0.25, 0.3) is 11.4 Å². The van der Waals surface area contributed by atoms with E-state index in [2.05, 4.69) is 0 Å². The molecule has 9 nitrogen and oxygen atoms in total. The van der Waals surface area contributed by atoms with Gasteiger partial charge in [0.1, 0.15) is 6.10 Å². The van der Waals surface area contributed by atoms with Crippen molar-refractivity contribution in [2.24, 2.45) is 0 Å². The number of aliphatic hydroxyl groups is 1. The van der Waals surface area contributed by atoms with Crippen LogP contribution in [0, 0.1) is 20.2 Å². The number of nitro benzene ring substituents is 2. The first-order valence-corrected chi connectivity index (χ1v) is 9.28. The van der Waals surface area contributed by atoms with Crippen LogP contribution in [0.2, 0.25) is 0 Å². The maximum Gasteiger partial charge on any atom is 0.338 e. The van der Waals surface area contributed by atoms with E-state index in [0.717, 1.165) is 0 Å². The molecule has 158 valence electrons. The summed E-state index contributed by atoms with van der Waals surface area (Å²) in [5.74, 6) is -0.737. The van der Waals surface area contributed by atoms with E-state index in [9.17, 15) is 30.1 Å². The Labute approximate surface area is 176 Å². The molecule has 0 radical (unpaired) electrons. The van der Waals surface area contributed by atoms with Crippen LogP contribution in [-0.2, 0) is 4.74 Å². The Morgan fingerprint density at radius 1 is 0.806 bits per heavy atom. The molecule has 2 atom stereocenters. The predicted molar refractivity (Wildman–Crippen MR) is 110 cm³/mol. The van der Waals surface area contributed by atoms with Gasteiger partial charge in [-0.3, -0.25) is 20.2 Å². The van der Waals surface area contributed by atoms with Gasteiger partial charge >= 0.3 is 5.97 Å². The summed E-state index contributed by atoms with van der Waals surface area (Å²) in [5.41, 5.74) is 0.916. The second kappa shape index (κ2) is 9.59. The molecule has 0 heterocycles. The van der Waals surface area contributed by atoms with Crippen LogP contribution in [-0.4, -0.2) is 20.9 Å². The highest BCUT2D eigenvalue weighted by atomic mass is 16.6. The molecule has 0 aliphatic heterocycles. The van der Waals surface area contributed by atoms with E-state index in [-0.39, 0.29) is 23.4 Å². The van der Waals surface area contributed by atoms with E-state index in [1.807, 2.05) is 0 Å². The van der Waals surface area contributed by atoms with Crippen LogP contribution in [0.25, 0.3) is 0 Å². The SMILES string of the molecule is O=C(O[C@@H](C[C@H](O)c1ccccc1)c1ccc([N+](=O)[O-])cc1)c1ccc([N+](=O)[O-])cc1. The van der Waals surface area contributed by atoms with Gasteiger partial charge in [0.15, 0.2) is 0 Å². The second-order valence-corrected chi connectivity index (χ2v) is 6.71. The van der Waals surface area contributed by atoms with Gasteiger partial charge < -0.3 is 9.84 Å². The van der Waals surface area contributed by atoms with Crippen molar-refractivity contribution in [2.75, 3.05) is 0 Å². The van der Waals surface area contributed by atoms with Gasteiger partial charge in [-0.1, -0.05) is 30.3 Å². The number of nitrogens with zero attached hydrogens (tertiary/aromatic N) is 2. The molecule has 3 aromatic rings. The molecule has 0 aliphatic carbocycles. The highest BCUT2D eigenvalue weighted by Gasteiger charge is 2.23. The van der Waals surface area contributed by atoms with E-state index in [4.69, 9.17) is 4.74 Å². The van der Waals surface area contributed by atoms with E-state index in [1.165, 1.54) is 48.5 Å². The molecule has 1 N–H and O–H groups in total. The van der Waals surface area contributed by atoms with Crippen molar-refractivity contribution in [3.8, 4) is 0 Å². The van der Waals surface area contributed by atoms with Gasteiger partial charge in [-0.2, -0.15) is 0 Å². The van der Waals surface area contributed by atoms with Crippen molar-refractivity contribution in [1.29, 1.82) is 0 Å². The Kier molecular flexibility index (Phi) is 6.68. The third kappa shape index (κ3) is 5.49. The second-order valence-electron chi connectivity index (χ2n) is 6.71. The smallest absolute Gasteiger partial charge is 0.338 e. The molecule has 0 saturated carbocycles. The molecule has 0 spiro atoms. The van der Waals surface area contributed by atoms with E-state index < -0.39 is 28.0 Å². The average Bonchev–Trinajstić information content (AvgIpc) is 2.79. The number of non-ortho nitro benzene ring substituents is 2. The zero-order chi connectivity index (χ0) is 22.4. The van der Waals surface area contributed by atoms with Gasteiger partial charge in [0, 0.05) is 30.7 Å². The van der Waals surface area contributed by atoms with Crippen LogP contribution in [0.4, 0.5) is 11.4 Å². The molecular weight excluding hydrogens is 404 g/mol. The number of aliphatic hydroxyl groups excluding tert-OH is 1. The number of carbonyl (C=O) groups is 1. The molecule has 0 aliphatic rings. The number of hydrogen-bond donors (Lipinski definition) is 1. The van der Waals surface area contributed by atoms with Crippen LogP contribution in [0.1, 0.15) is 40.1 Å². The van der Waals surface area contributed by atoms with Gasteiger partial charge in [-0.05, 0) is 35.4 Å². The molecule has 0 unspecified atom stereocenters. The lowest BCUT2D eigenvalue weighted by atomic mass is 9.98. The third-order valence-corrected chi connectivity index (χ3v) is 4.66. The highest BCUT2D eigenvalue weighted by molar-refractivity contribution is 5.89. The van der Waals surface area contributed by atoms with Crippen molar-refractivity contribution in [3.05, 3.63) is 116 Å². The molecular formula is C22H18N2O7. The van der Waals surface area contributed by atoms with Crippen molar-refractivity contribution >= 4 is 17.3 Å². The Balaban J connectivity index is 1.84. The summed E-state index contributed by atoms with van der Waals surface area (Å²) in [6, 6.07) is 19.2. The summed E-state index contributed by atoms with van der Waals surface area (Å²) < 4.78 is 5.58. The first-order valence-electron chi connectivity index (χ1n) is 9.28. The van der Waals surface area contributed by atoms with Crippen LogP contribution < -0.4 is 0 Å². The lowest BCUT2D eigenvalue weighted by Crippen LogP contribution is -2.15. The highest BCUT2D eigenvalue weighted by Crippen LogP contribution is 2.31. The zero-order valence-electron chi connectivity index (χ0n) is 16.2. The normalized spacial score (nSPS) is 12.5. The van der Waals surface area contributed by atoms with Crippen LogP contribution in [0.5, 0.6) is 0 Å². The first-order chi connectivity index (χ1) is 14.8. The van der Waals surface area contributed by atoms with Crippen molar-refractivity contribution < 1.29 is 24.5 Å². The number of nitro groups is 2.